The predicted molar refractivity (Wildman–Crippen MR) is 158 cm³/mol. The fraction of sp³-hybridized carbons (Fsp3) is 0.241. The van der Waals surface area contributed by atoms with Crippen LogP contribution in [0.1, 0.15) is 49.3 Å². The Hall–Kier alpha value is -2.64. The van der Waals surface area contributed by atoms with Crippen molar-refractivity contribution in [2.45, 2.75) is 57.1 Å². The van der Waals surface area contributed by atoms with Gasteiger partial charge in [0.2, 0.25) is 0 Å². The molecule has 4 rings (SSSR count). The van der Waals surface area contributed by atoms with Crippen LogP contribution in [0.5, 0.6) is 0 Å². The minimum atomic E-state index is -0.310. The normalized spacial score (nSPS) is 10.3. The lowest BCUT2D eigenvalue weighted by Gasteiger charge is -2.12. The van der Waals surface area contributed by atoms with Gasteiger partial charge >= 0.3 is 5.97 Å². The number of esters is 1. The number of rotatable bonds is 6. The summed E-state index contributed by atoms with van der Waals surface area (Å²) in [5.74, 6) is -0.310. The molecule has 5 nitrogen and oxygen atoms in total. The average molecular weight is 595 g/mol. The van der Waals surface area contributed by atoms with Gasteiger partial charge in [0.05, 0.1) is 32.3 Å². The van der Waals surface area contributed by atoms with Crippen LogP contribution < -0.4 is 0 Å². The second-order valence-electron chi connectivity index (χ2n) is 8.14. The van der Waals surface area contributed by atoms with Crippen molar-refractivity contribution in [2.75, 3.05) is 0 Å². The van der Waals surface area contributed by atoms with Crippen molar-refractivity contribution in [1.82, 2.24) is 4.57 Å². The number of hydrogen-bond donors (Lipinski definition) is 1. The van der Waals surface area contributed by atoms with Gasteiger partial charge in [-0.1, -0.05) is 72.5 Å². The molecule has 1 N–H and O–H groups in total. The Bertz CT molecular complexity index is 1390. The van der Waals surface area contributed by atoms with Crippen molar-refractivity contribution < 1.29 is 19.4 Å². The van der Waals surface area contributed by atoms with Gasteiger partial charge in [-0.15, -0.1) is 0 Å². The highest BCUT2D eigenvalue weighted by Crippen LogP contribution is 2.37. The van der Waals surface area contributed by atoms with Crippen LogP contribution in [0.4, 0.5) is 0 Å². The van der Waals surface area contributed by atoms with Gasteiger partial charge in [0.1, 0.15) is 0 Å². The highest BCUT2D eigenvalue weighted by Gasteiger charge is 2.13. The molecule has 202 valence electrons. The molecule has 1 heterocycles. The molecule has 0 saturated heterocycles. The van der Waals surface area contributed by atoms with E-state index in [9.17, 15) is 4.79 Å². The summed E-state index contributed by atoms with van der Waals surface area (Å²) in [7, 11) is 0. The van der Waals surface area contributed by atoms with Crippen molar-refractivity contribution >= 4 is 69.9 Å². The van der Waals surface area contributed by atoms with E-state index in [1.165, 1.54) is 0 Å². The molecule has 4 aromatic rings. The third-order valence-electron chi connectivity index (χ3n) is 5.15. The van der Waals surface area contributed by atoms with Gasteiger partial charge in [0.25, 0.3) is 6.47 Å². The summed E-state index contributed by atoms with van der Waals surface area (Å²) in [6, 6.07) is 19.3. The van der Waals surface area contributed by atoms with Crippen molar-refractivity contribution in [3.8, 4) is 0 Å². The van der Waals surface area contributed by atoms with Crippen molar-refractivity contribution in [2.24, 2.45) is 0 Å². The van der Waals surface area contributed by atoms with Gasteiger partial charge in [0.15, 0.2) is 0 Å². The SMILES string of the molecule is CC.Cc1cc2c(Cl)cc(Sc3ccc(Cl)c(Cl)c3)cc2n1Cc1ccc(C(=O)OC(C)C)cc1.O=CO. The van der Waals surface area contributed by atoms with E-state index in [0.717, 1.165) is 32.0 Å². The van der Waals surface area contributed by atoms with Gasteiger partial charge in [-0.2, -0.15) is 0 Å². The number of carbonyl (C=O) groups is 2. The van der Waals surface area contributed by atoms with E-state index in [-0.39, 0.29) is 18.5 Å². The molecule has 0 spiro atoms. The Morgan fingerprint density at radius 2 is 1.55 bits per heavy atom. The lowest BCUT2D eigenvalue weighted by Crippen LogP contribution is -2.11. The van der Waals surface area contributed by atoms with Crippen LogP contribution >= 0.6 is 46.6 Å². The van der Waals surface area contributed by atoms with Crippen molar-refractivity contribution in [1.29, 1.82) is 0 Å². The van der Waals surface area contributed by atoms with Crippen LogP contribution in [-0.4, -0.2) is 28.2 Å². The summed E-state index contributed by atoms with van der Waals surface area (Å²) in [5, 5.41) is 9.64. The highest BCUT2D eigenvalue weighted by molar-refractivity contribution is 7.99. The zero-order valence-electron chi connectivity index (χ0n) is 21.8. The Balaban J connectivity index is 0.000000947. The Morgan fingerprint density at radius 3 is 2.13 bits per heavy atom. The topological polar surface area (TPSA) is 68.5 Å². The fourth-order valence-electron chi connectivity index (χ4n) is 3.58. The lowest BCUT2D eigenvalue weighted by molar-refractivity contribution is -0.122. The molecule has 0 aliphatic carbocycles. The van der Waals surface area contributed by atoms with Crippen LogP contribution in [0.3, 0.4) is 0 Å². The summed E-state index contributed by atoms with van der Waals surface area (Å²) in [4.78, 5) is 22.5. The number of ether oxygens (including phenoxy) is 1. The molecule has 0 bridgehead atoms. The number of carboxylic acid groups (broad SMARTS) is 1. The average Bonchev–Trinajstić information content (AvgIpc) is 3.19. The standard InChI is InChI=1S/C26H22Cl3NO2S.C2H6.CH2O2/c1-15(2)32-26(31)18-6-4-17(5-7-18)14-30-16(3)10-21-23(28)12-20(13-25(21)30)33-19-8-9-22(27)24(29)11-19;1-2;2-1-3/h4-13,15H,14H2,1-3H3;1-2H3;1H,(H,2,3). The first-order valence-electron chi connectivity index (χ1n) is 11.9. The Morgan fingerprint density at radius 1 is 0.947 bits per heavy atom. The number of aromatic nitrogens is 1. The largest absolute Gasteiger partial charge is 0.483 e. The molecule has 0 aliphatic rings. The van der Waals surface area contributed by atoms with Gasteiger partial charge in [-0.25, -0.2) is 4.79 Å². The summed E-state index contributed by atoms with van der Waals surface area (Å²) < 4.78 is 7.49. The van der Waals surface area contributed by atoms with Crippen molar-refractivity contribution in [3.63, 3.8) is 0 Å². The quantitative estimate of drug-likeness (QED) is 0.178. The third-order valence-corrected chi connectivity index (χ3v) is 7.16. The third kappa shape index (κ3) is 8.43. The van der Waals surface area contributed by atoms with E-state index in [2.05, 4.69) is 23.6 Å². The molecule has 0 aliphatic heterocycles. The van der Waals surface area contributed by atoms with Gasteiger partial charge in [0, 0.05) is 27.4 Å². The number of fused-ring (bicyclic) bond motifs is 1. The number of halogens is 3. The molecule has 1 aromatic heterocycles. The maximum absolute atomic E-state index is 12.1. The second kappa shape index (κ2) is 15.1. The van der Waals surface area contributed by atoms with Gasteiger partial charge < -0.3 is 14.4 Å². The second-order valence-corrected chi connectivity index (χ2v) is 10.5. The summed E-state index contributed by atoms with van der Waals surface area (Å²) >= 11 is 20.4. The smallest absolute Gasteiger partial charge is 0.338 e. The highest BCUT2D eigenvalue weighted by atomic mass is 35.5. The summed E-state index contributed by atoms with van der Waals surface area (Å²) in [6.07, 6.45) is -0.147. The minimum Gasteiger partial charge on any atom is -0.483 e. The Kier molecular flexibility index (Phi) is 12.5. The van der Waals surface area contributed by atoms with Crippen LogP contribution in [0.15, 0.2) is 70.5 Å². The first-order valence-corrected chi connectivity index (χ1v) is 13.9. The molecule has 0 radical (unpaired) electrons. The predicted octanol–water partition coefficient (Wildman–Crippen LogP) is 9.40. The maximum atomic E-state index is 12.1. The molecule has 3 aromatic carbocycles. The minimum absolute atomic E-state index is 0.147. The van der Waals surface area contributed by atoms with E-state index < -0.39 is 0 Å². The molecule has 0 amide bonds. The van der Waals surface area contributed by atoms with Gasteiger partial charge in [-0.3, -0.25) is 4.79 Å². The Labute approximate surface area is 242 Å². The number of nitrogens with zero attached hydrogens (tertiary/aromatic N) is 1. The number of carbonyl (C=O) groups excluding carboxylic acids is 1. The van der Waals surface area contributed by atoms with E-state index >= 15 is 0 Å². The maximum Gasteiger partial charge on any atom is 0.338 e. The first kappa shape index (κ1) is 31.6. The molecule has 9 heteroatoms. The zero-order valence-corrected chi connectivity index (χ0v) is 24.9. The van der Waals surface area contributed by atoms with Crippen LogP contribution in [0, 0.1) is 6.92 Å². The van der Waals surface area contributed by atoms with E-state index in [0.29, 0.717) is 27.2 Å². The summed E-state index contributed by atoms with van der Waals surface area (Å²) in [5.41, 5.74) is 3.78. The number of aryl methyl sites for hydroxylation is 1. The van der Waals surface area contributed by atoms with E-state index in [1.54, 1.807) is 30.0 Å². The van der Waals surface area contributed by atoms with Gasteiger partial charge in [-0.05, 0) is 74.9 Å². The van der Waals surface area contributed by atoms with Crippen LogP contribution in [-0.2, 0) is 16.1 Å². The molecule has 0 atom stereocenters. The molecule has 38 heavy (non-hydrogen) atoms. The molecule has 0 saturated carbocycles. The van der Waals surface area contributed by atoms with E-state index in [4.69, 9.17) is 49.4 Å². The molecular formula is C29H30Cl3NO4S. The molecular weight excluding hydrogens is 565 g/mol. The van der Waals surface area contributed by atoms with E-state index in [1.807, 2.05) is 58.0 Å². The van der Waals surface area contributed by atoms with Crippen LogP contribution in [0.2, 0.25) is 15.1 Å². The fourth-order valence-corrected chi connectivity index (χ4v) is 5.21. The monoisotopic (exact) mass is 593 g/mol. The first-order chi connectivity index (χ1) is 18.1. The lowest BCUT2D eigenvalue weighted by atomic mass is 10.1. The number of benzene rings is 3. The number of hydrogen-bond acceptors (Lipinski definition) is 4. The molecule has 0 unspecified atom stereocenters. The molecule has 0 fully saturated rings. The van der Waals surface area contributed by atoms with Crippen LogP contribution in [0.25, 0.3) is 10.9 Å². The zero-order chi connectivity index (χ0) is 28.4. The summed E-state index contributed by atoms with van der Waals surface area (Å²) in [6.45, 7) is 10.2. The van der Waals surface area contributed by atoms with Crippen molar-refractivity contribution in [3.05, 3.63) is 92.6 Å².